The summed E-state index contributed by atoms with van der Waals surface area (Å²) in [6.07, 6.45) is 8.88. The molecular weight excluding hydrogens is 520 g/mol. The fourth-order valence-electron chi connectivity index (χ4n) is 5.06. The van der Waals surface area contributed by atoms with Gasteiger partial charge in [-0.25, -0.2) is 4.98 Å². The third-order valence-corrected chi connectivity index (χ3v) is 9.69. The van der Waals surface area contributed by atoms with Gasteiger partial charge in [-0.3, -0.25) is 0 Å². The number of benzene rings is 3. The average molecular weight is 565 g/mol. The molecule has 0 aliphatic heterocycles. The van der Waals surface area contributed by atoms with Crippen molar-refractivity contribution >= 4 is 34.8 Å². The fourth-order valence-corrected chi connectivity index (χ4v) is 6.57. The van der Waals surface area contributed by atoms with E-state index in [1.807, 2.05) is 33.8 Å². The van der Waals surface area contributed by atoms with Crippen molar-refractivity contribution in [3.05, 3.63) is 117 Å². The van der Waals surface area contributed by atoms with Crippen LogP contribution in [0.1, 0.15) is 92.6 Å². The van der Waals surface area contributed by atoms with Gasteiger partial charge in [0.15, 0.2) is 0 Å². The molecule has 41 heavy (non-hydrogen) atoms. The van der Waals surface area contributed by atoms with Crippen LogP contribution in [0.3, 0.4) is 0 Å². The second kappa shape index (κ2) is 13.6. The minimum atomic E-state index is -0.721. The fraction of sp³-hybridized carbons (Fsp3) is 0.378. The lowest BCUT2D eigenvalue weighted by Gasteiger charge is -2.23. The predicted octanol–water partition coefficient (Wildman–Crippen LogP) is 10.9. The Kier molecular flexibility index (Phi) is 10.2. The van der Waals surface area contributed by atoms with Gasteiger partial charge in [0.25, 0.3) is 0 Å². The van der Waals surface area contributed by atoms with Crippen LogP contribution in [-0.2, 0) is 12.0 Å². The Morgan fingerprint density at radius 2 is 1.73 bits per heavy atom. The Bertz CT molecular complexity index is 1500. The lowest BCUT2D eigenvalue weighted by Crippen LogP contribution is -2.16. The van der Waals surface area contributed by atoms with E-state index in [9.17, 15) is 4.91 Å². The van der Waals surface area contributed by atoms with Gasteiger partial charge in [0.05, 0.1) is 11.2 Å². The van der Waals surface area contributed by atoms with Gasteiger partial charge < -0.3 is 0 Å². The lowest BCUT2D eigenvalue weighted by molar-refractivity contribution is 0.544. The Labute approximate surface area is 250 Å². The van der Waals surface area contributed by atoms with E-state index < -0.39 is 5.54 Å². The van der Waals surface area contributed by atoms with Gasteiger partial charge in [-0.15, -0.1) is 4.91 Å². The molecule has 1 aliphatic carbocycles. The molecule has 1 unspecified atom stereocenters. The highest BCUT2D eigenvalue weighted by atomic mass is 32.2. The van der Waals surface area contributed by atoms with Crippen LogP contribution in [0.25, 0.3) is 23.1 Å². The lowest BCUT2D eigenvalue weighted by atomic mass is 9.88. The van der Waals surface area contributed by atoms with Crippen LogP contribution in [0.15, 0.2) is 84.0 Å². The summed E-state index contributed by atoms with van der Waals surface area (Å²) < 4.78 is 0. The van der Waals surface area contributed by atoms with Crippen LogP contribution < -0.4 is 0 Å². The maximum Gasteiger partial charge on any atom is 0.122 e. The number of thioether (sulfide) groups is 1. The minimum absolute atomic E-state index is 0.387. The molecule has 3 aromatic carbocycles. The molecule has 0 saturated heterocycles. The smallest absolute Gasteiger partial charge is 0.122 e. The Morgan fingerprint density at radius 1 is 0.976 bits per heavy atom. The van der Waals surface area contributed by atoms with Gasteiger partial charge in [0.2, 0.25) is 0 Å². The zero-order valence-corrected chi connectivity index (χ0v) is 26.3. The number of hydrogen-bond donors (Lipinski definition) is 0. The molecule has 214 valence electrons. The first-order valence-electron chi connectivity index (χ1n) is 14.9. The van der Waals surface area contributed by atoms with E-state index in [0.29, 0.717) is 10.7 Å². The van der Waals surface area contributed by atoms with Crippen molar-refractivity contribution in [2.24, 2.45) is 10.6 Å². The standard InChI is InChI=1S/C35H38N2OS.C2H6/c1-25-12-14-28-15-18-30(36-32(28)22-25)17-13-26-8-7-10-29(23-26)33(39-24-35(4)20-21-35)19-16-27-9-5-6-11-31(27)34(2,3)37-38;1-2/h5-15,17-18,22-23,33H,16,19-21,24H2,1-4H3;1-2H3/b17-13+;. The molecule has 5 rings (SSSR count). The number of nitroso groups, excluding NO2 is 1. The molecule has 1 fully saturated rings. The maximum absolute atomic E-state index is 11.6. The molecule has 3 nitrogen and oxygen atoms in total. The van der Waals surface area contributed by atoms with Gasteiger partial charge >= 0.3 is 0 Å². The van der Waals surface area contributed by atoms with Crippen LogP contribution in [0.5, 0.6) is 0 Å². The summed E-state index contributed by atoms with van der Waals surface area (Å²) in [6.45, 7) is 12.3. The minimum Gasteiger partial charge on any atom is -0.248 e. The quantitative estimate of drug-likeness (QED) is 0.170. The number of hydrogen-bond acceptors (Lipinski definition) is 4. The number of fused-ring (bicyclic) bond motifs is 1. The SMILES string of the molecule is CC.Cc1ccc2ccc(/C=C/c3cccc(C(CCc4ccccc4C(C)(C)N=O)SCC4(C)CC4)c3)nc2c1. The first-order valence-corrected chi connectivity index (χ1v) is 16.0. The molecule has 1 aromatic heterocycles. The van der Waals surface area contributed by atoms with Crippen molar-refractivity contribution < 1.29 is 0 Å². The number of rotatable bonds is 11. The largest absolute Gasteiger partial charge is 0.248 e. The average Bonchev–Trinajstić information content (AvgIpc) is 3.74. The Hall–Kier alpha value is -3.24. The Morgan fingerprint density at radius 3 is 2.49 bits per heavy atom. The van der Waals surface area contributed by atoms with Gasteiger partial charge in [0.1, 0.15) is 5.54 Å². The van der Waals surface area contributed by atoms with E-state index in [-0.39, 0.29) is 0 Å². The Balaban J connectivity index is 0.00000189. The molecule has 0 bridgehead atoms. The second-order valence-corrected chi connectivity index (χ2v) is 13.1. The highest BCUT2D eigenvalue weighted by Crippen LogP contribution is 2.50. The van der Waals surface area contributed by atoms with Crippen molar-refractivity contribution in [3.63, 3.8) is 0 Å². The van der Waals surface area contributed by atoms with Crippen molar-refractivity contribution in [1.82, 2.24) is 4.98 Å². The van der Waals surface area contributed by atoms with E-state index in [0.717, 1.165) is 35.0 Å². The van der Waals surface area contributed by atoms with Gasteiger partial charge in [0, 0.05) is 10.6 Å². The molecule has 0 amide bonds. The van der Waals surface area contributed by atoms with E-state index in [1.54, 1.807) is 0 Å². The molecular formula is C37H44N2OS. The van der Waals surface area contributed by atoms with E-state index in [4.69, 9.17) is 4.98 Å². The van der Waals surface area contributed by atoms with Crippen molar-refractivity contribution in [2.75, 3.05) is 5.75 Å². The van der Waals surface area contributed by atoms with E-state index in [2.05, 4.69) is 116 Å². The normalized spacial score (nSPS) is 14.9. The number of aromatic nitrogens is 1. The van der Waals surface area contributed by atoms with Crippen LogP contribution in [-0.4, -0.2) is 10.7 Å². The van der Waals surface area contributed by atoms with E-state index >= 15 is 0 Å². The zero-order chi connectivity index (χ0) is 29.5. The molecule has 1 heterocycles. The van der Waals surface area contributed by atoms with Crippen LogP contribution >= 0.6 is 11.8 Å². The number of pyridine rings is 1. The second-order valence-electron chi connectivity index (χ2n) is 11.9. The summed E-state index contributed by atoms with van der Waals surface area (Å²) in [5.74, 6) is 1.18. The summed E-state index contributed by atoms with van der Waals surface area (Å²) in [7, 11) is 0. The highest BCUT2D eigenvalue weighted by molar-refractivity contribution is 7.99. The number of aryl methyl sites for hydroxylation is 2. The summed E-state index contributed by atoms with van der Waals surface area (Å²) in [4.78, 5) is 16.4. The van der Waals surface area contributed by atoms with Gasteiger partial charge in [-0.2, -0.15) is 11.8 Å². The summed E-state index contributed by atoms with van der Waals surface area (Å²) in [5, 5.41) is 4.98. The topological polar surface area (TPSA) is 42.3 Å². The predicted molar refractivity (Wildman–Crippen MR) is 179 cm³/mol. The molecule has 1 aliphatic rings. The highest BCUT2D eigenvalue weighted by Gasteiger charge is 2.37. The van der Waals surface area contributed by atoms with Crippen LogP contribution in [0, 0.1) is 17.2 Å². The molecule has 0 spiro atoms. The third-order valence-electron chi connectivity index (χ3n) is 7.92. The first kappa shape index (κ1) is 30.7. The molecule has 4 aromatic rings. The third kappa shape index (κ3) is 8.16. The summed E-state index contributed by atoms with van der Waals surface area (Å²) in [6, 6.07) is 27.8. The maximum atomic E-state index is 11.6. The van der Waals surface area contributed by atoms with Crippen LogP contribution in [0.4, 0.5) is 0 Å². The van der Waals surface area contributed by atoms with E-state index in [1.165, 1.54) is 40.8 Å². The molecule has 4 heteroatoms. The number of nitrogens with zero attached hydrogens (tertiary/aromatic N) is 2. The van der Waals surface area contributed by atoms with Gasteiger partial charge in [-0.1, -0.05) is 98.8 Å². The summed E-state index contributed by atoms with van der Waals surface area (Å²) >= 11 is 2.09. The monoisotopic (exact) mass is 564 g/mol. The van der Waals surface area contributed by atoms with Crippen molar-refractivity contribution in [1.29, 1.82) is 0 Å². The van der Waals surface area contributed by atoms with Gasteiger partial charge in [-0.05, 0) is 104 Å². The molecule has 1 atom stereocenters. The van der Waals surface area contributed by atoms with Crippen molar-refractivity contribution in [2.45, 2.75) is 78.0 Å². The van der Waals surface area contributed by atoms with Crippen LogP contribution in [0.2, 0.25) is 0 Å². The molecule has 0 N–H and O–H groups in total. The molecule has 1 saturated carbocycles. The molecule has 0 radical (unpaired) electrons. The van der Waals surface area contributed by atoms with Crippen molar-refractivity contribution in [3.8, 4) is 0 Å². The summed E-state index contributed by atoms with van der Waals surface area (Å²) in [5.41, 5.74) is 7.79. The zero-order valence-electron chi connectivity index (χ0n) is 25.5. The first-order chi connectivity index (χ1) is 19.7.